The van der Waals surface area contributed by atoms with E-state index in [9.17, 15) is 0 Å². The van der Waals surface area contributed by atoms with Crippen molar-refractivity contribution >= 4 is 6.21 Å². The Bertz CT molecular complexity index is 127. The molecule has 0 aliphatic carbocycles. The van der Waals surface area contributed by atoms with E-state index in [1.54, 1.807) is 0 Å². The summed E-state index contributed by atoms with van der Waals surface area (Å²) in [6, 6.07) is 0. The van der Waals surface area contributed by atoms with Crippen molar-refractivity contribution in [3.8, 4) is 0 Å². The van der Waals surface area contributed by atoms with Crippen LogP contribution in [0.4, 0.5) is 0 Å². The topological polar surface area (TPSA) is 33.1 Å². The molecule has 0 saturated carbocycles. The monoisotopic (exact) mass is 127 g/mol. The summed E-state index contributed by atoms with van der Waals surface area (Å²) in [4.78, 5) is 0. The van der Waals surface area contributed by atoms with Crippen molar-refractivity contribution in [1.82, 2.24) is 0 Å². The average molecular weight is 127 g/mol. The third kappa shape index (κ3) is 2.90. The van der Waals surface area contributed by atoms with Crippen LogP contribution in [0.2, 0.25) is 0 Å². The second-order valence-corrected chi connectivity index (χ2v) is 1.82. The van der Waals surface area contributed by atoms with Gasteiger partial charge >= 0.3 is 0 Å². The molecule has 0 aliphatic rings. The second-order valence-electron chi connectivity index (χ2n) is 1.82. The predicted octanol–water partition coefficient (Wildman–Crippen LogP) is 1.97. The van der Waals surface area contributed by atoms with Crippen LogP contribution in [0.25, 0.3) is 0 Å². The summed E-state index contributed by atoms with van der Waals surface area (Å²) in [6.45, 7) is 6.33. The fourth-order valence-corrected chi connectivity index (χ4v) is 0.432. The standard InChI is InChI=1S/C7H13NO/c1-4-9-7(3)6(2)5-8/h5,8H,4H2,1-3H3/b7-6-,8-5?. The van der Waals surface area contributed by atoms with E-state index in [0.717, 1.165) is 11.3 Å². The van der Waals surface area contributed by atoms with Crippen LogP contribution in [0.1, 0.15) is 20.8 Å². The number of hydrogen-bond donors (Lipinski definition) is 1. The van der Waals surface area contributed by atoms with Crippen LogP contribution >= 0.6 is 0 Å². The van der Waals surface area contributed by atoms with Crippen LogP contribution < -0.4 is 0 Å². The maximum Gasteiger partial charge on any atom is 0.0972 e. The number of ether oxygens (including phenoxy) is 1. The van der Waals surface area contributed by atoms with Crippen LogP contribution in [-0.2, 0) is 4.74 Å². The summed E-state index contributed by atoms with van der Waals surface area (Å²) in [7, 11) is 0. The lowest BCUT2D eigenvalue weighted by Crippen LogP contribution is -1.91. The van der Waals surface area contributed by atoms with E-state index in [2.05, 4.69) is 0 Å². The van der Waals surface area contributed by atoms with Gasteiger partial charge in [0.15, 0.2) is 0 Å². The Morgan fingerprint density at radius 3 is 2.44 bits per heavy atom. The third-order valence-corrected chi connectivity index (χ3v) is 1.13. The lowest BCUT2D eigenvalue weighted by molar-refractivity contribution is 0.229. The molecule has 0 aromatic rings. The van der Waals surface area contributed by atoms with Gasteiger partial charge in [0.1, 0.15) is 0 Å². The third-order valence-electron chi connectivity index (χ3n) is 1.13. The van der Waals surface area contributed by atoms with Crippen molar-refractivity contribution in [2.45, 2.75) is 20.8 Å². The molecule has 0 saturated heterocycles. The molecule has 0 aliphatic heterocycles. The molecule has 9 heavy (non-hydrogen) atoms. The van der Waals surface area contributed by atoms with Gasteiger partial charge in [-0.1, -0.05) is 0 Å². The van der Waals surface area contributed by atoms with E-state index in [0.29, 0.717) is 6.61 Å². The molecule has 0 heterocycles. The highest BCUT2D eigenvalue weighted by Gasteiger charge is 1.90. The Morgan fingerprint density at radius 1 is 1.56 bits per heavy atom. The molecule has 0 unspecified atom stereocenters. The highest BCUT2D eigenvalue weighted by molar-refractivity contribution is 5.75. The van der Waals surface area contributed by atoms with Gasteiger partial charge in [-0.3, -0.25) is 0 Å². The summed E-state index contributed by atoms with van der Waals surface area (Å²) < 4.78 is 5.12. The van der Waals surface area contributed by atoms with Crippen LogP contribution in [0.5, 0.6) is 0 Å². The van der Waals surface area contributed by atoms with Crippen molar-refractivity contribution < 1.29 is 4.74 Å². The Hall–Kier alpha value is -0.790. The molecule has 2 nitrogen and oxygen atoms in total. The maximum atomic E-state index is 6.85. The average Bonchev–Trinajstić information content (AvgIpc) is 1.87. The molecule has 1 N–H and O–H groups in total. The molecular weight excluding hydrogens is 114 g/mol. The molecule has 2 heteroatoms. The summed E-state index contributed by atoms with van der Waals surface area (Å²) in [5.74, 6) is 0.840. The van der Waals surface area contributed by atoms with Gasteiger partial charge in [0.25, 0.3) is 0 Å². The van der Waals surface area contributed by atoms with Gasteiger partial charge in [0.05, 0.1) is 12.4 Å². The van der Waals surface area contributed by atoms with Gasteiger partial charge in [-0.15, -0.1) is 0 Å². The minimum Gasteiger partial charge on any atom is -0.498 e. The van der Waals surface area contributed by atoms with E-state index in [-0.39, 0.29) is 0 Å². The summed E-state index contributed by atoms with van der Waals surface area (Å²) in [6.07, 6.45) is 1.30. The fourth-order valence-electron chi connectivity index (χ4n) is 0.432. The van der Waals surface area contributed by atoms with E-state index in [1.165, 1.54) is 6.21 Å². The molecule has 0 spiro atoms. The molecule has 0 aromatic carbocycles. The number of allylic oxidation sites excluding steroid dienone is 2. The van der Waals surface area contributed by atoms with Gasteiger partial charge in [0, 0.05) is 11.8 Å². The van der Waals surface area contributed by atoms with Gasteiger partial charge in [0.2, 0.25) is 0 Å². The fraction of sp³-hybridized carbons (Fsp3) is 0.571. The second kappa shape index (κ2) is 4.13. The van der Waals surface area contributed by atoms with Gasteiger partial charge in [-0.2, -0.15) is 0 Å². The first-order valence-electron chi connectivity index (χ1n) is 3.03. The molecule has 0 amide bonds. The lowest BCUT2D eigenvalue weighted by Gasteiger charge is -2.02. The van der Waals surface area contributed by atoms with Crippen molar-refractivity contribution in [2.75, 3.05) is 6.61 Å². The van der Waals surface area contributed by atoms with Gasteiger partial charge in [-0.05, 0) is 20.8 Å². The zero-order valence-electron chi connectivity index (χ0n) is 6.19. The van der Waals surface area contributed by atoms with Crippen molar-refractivity contribution in [2.24, 2.45) is 0 Å². The Balaban J connectivity index is 3.93. The van der Waals surface area contributed by atoms with Crippen LogP contribution in [-0.4, -0.2) is 12.8 Å². The largest absolute Gasteiger partial charge is 0.498 e. The highest BCUT2D eigenvalue weighted by atomic mass is 16.5. The van der Waals surface area contributed by atoms with Crippen molar-refractivity contribution in [3.05, 3.63) is 11.3 Å². The van der Waals surface area contributed by atoms with Crippen LogP contribution in [0, 0.1) is 5.41 Å². The molecule has 0 rings (SSSR count). The first kappa shape index (κ1) is 8.21. The SMILES string of the molecule is CCO/C(C)=C(/C)C=N. The molecular formula is C7H13NO. The molecule has 0 radical (unpaired) electrons. The quantitative estimate of drug-likeness (QED) is 0.456. The zero-order valence-corrected chi connectivity index (χ0v) is 6.19. The normalized spacial score (nSPS) is 12.3. The van der Waals surface area contributed by atoms with Gasteiger partial charge < -0.3 is 10.1 Å². The highest BCUT2D eigenvalue weighted by Crippen LogP contribution is 2.00. The molecule has 0 atom stereocenters. The molecule has 52 valence electrons. The maximum absolute atomic E-state index is 6.85. The Morgan fingerprint density at radius 2 is 2.11 bits per heavy atom. The molecule has 0 aromatic heterocycles. The Labute approximate surface area is 56.0 Å². The van der Waals surface area contributed by atoms with Crippen LogP contribution in [0.3, 0.4) is 0 Å². The number of rotatable bonds is 3. The van der Waals surface area contributed by atoms with Gasteiger partial charge in [-0.25, -0.2) is 0 Å². The first-order chi connectivity index (χ1) is 4.22. The zero-order chi connectivity index (χ0) is 7.28. The Kier molecular flexibility index (Phi) is 3.76. The molecule has 0 bridgehead atoms. The first-order valence-corrected chi connectivity index (χ1v) is 3.03. The van der Waals surface area contributed by atoms with E-state index in [1.807, 2.05) is 20.8 Å². The number of nitrogens with one attached hydrogen (secondary N) is 1. The smallest absolute Gasteiger partial charge is 0.0972 e. The minimum absolute atomic E-state index is 0.678. The van der Waals surface area contributed by atoms with Crippen molar-refractivity contribution in [3.63, 3.8) is 0 Å². The minimum atomic E-state index is 0.678. The van der Waals surface area contributed by atoms with E-state index < -0.39 is 0 Å². The lowest BCUT2D eigenvalue weighted by atomic mass is 10.3. The molecule has 0 fully saturated rings. The summed E-state index contributed by atoms with van der Waals surface area (Å²) >= 11 is 0. The summed E-state index contributed by atoms with van der Waals surface area (Å²) in [5.41, 5.74) is 0.886. The van der Waals surface area contributed by atoms with Crippen LogP contribution in [0.15, 0.2) is 11.3 Å². The van der Waals surface area contributed by atoms with E-state index >= 15 is 0 Å². The number of hydrogen-bond acceptors (Lipinski definition) is 2. The summed E-state index contributed by atoms with van der Waals surface area (Å²) in [5, 5.41) is 6.85. The van der Waals surface area contributed by atoms with E-state index in [4.69, 9.17) is 10.1 Å². The predicted molar refractivity (Wildman–Crippen MR) is 38.8 cm³/mol. The van der Waals surface area contributed by atoms with Crippen molar-refractivity contribution in [1.29, 1.82) is 5.41 Å².